The summed E-state index contributed by atoms with van der Waals surface area (Å²) in [5.74, 6) is -3.27. The van der Waals surface area contributed by atoms with Crippen molar-refractivity contribution in [1.29, 1.82) is 0 Å². The monoisotopic (exact) mass is 944 g/mol. The Labute approximate surface area is 402 Å². The highest BCUT2D eigenvalue weighted by Crippen LogP contribution is 2.37. The first kappa shape index (κ1) is 48.0. The van der Waals surface area contributed by atoms with Crippen LogP contribution in [0, 0.1) is 0 Å². The largest absolute Gasteiger partial charge is 0.484 e. The van der Waals surface area contributed by atoms with Gasteiger partial charge in [0.15, 0.2) is 18.0 Å². The predicted octanol–water partition coefficient (Wildman–Crippen LogP) is 9.74. The van der Waals surface area contributed by atoms with Crippen molar-refractivity contribution in [3.05, 3.63) is 220 Å². The van der Waals surface area contributed by atoms with Crippen molar-refractivity contribution >= 4 is 34.8 Å². The molecule has 0 amide bonds. The normalized spacial score (nSPS) is 17.5. The maximum absolute atomic E-state index is 14.1. The highest BCUT2D eigenvalue weighted by Gasteiger charge is 2.54. The van der Waals surface area contributed by atoms with Crippen LogP contribution < -0.4 is 19.8 Å². The molecular formula is C56H48O14. The maximum Gasteiger partial charge on any atom is 0.383 e. The molecule has 6 aromatic carbocycles. The van der Waals surface area contributed by atoms with Crippen LogP contribution in [0.4, 0.5) is 0 Å². The first-order chi connectivity index (χ1) is 34.2. The van der Waals surface area contributed by atoms with Gasteiger partial charge in [0.2, 0.25) is 18.1 Å². The number of esters is 4. The van der Waals surface area contributed by atoms with Crippen LogP contribution in [0.25, 0.3) is 11.0 Å². The van der Waals surface area contributed by atoms with Crippen molar-refractivity contribution in [3.63, 3.8) is 0 Å². The van der Waals surface area contributed by atoms with Crippen LogP contribution in [-0.2, 0) is 30.3 Å². The lowest BCUT2D eigenvalue weighted by atomic mass is 9.97. The molecule has 356 valence electrons. The number of benzene rings is 6. The molecule has 0 radical (unpaired) electrons. The summed E-state index contributed by atoms with van der Waals surface area (Å²) in [5, 5.41) is 0.367. The SMILES string of the molecule is CCC=CCCOc1c(OCc2ccccc2)c2ccc(O[C@H]3O[C@H](COC(=O)c4ccccc4)[C@@H](OC(=O)c4ccccc4)[C@H](OC(=O)c4ccccc4)[C@@H]3OC(=O)c3ccccc3)cc2oc1=O. The smallest absolute Gasteiger partial charge is 0.383 e. The number of rotatable bonds is 19. The molecule has 0 N–H and O–H groups in total. The maximum atomic E-state index is 14.1. The summed E-state index contributed by atoms with van der Waals surface area (Å²) in [6, 6.07) is 46.2. The predicted molar refractivity (Wildman–Crippen MR) is 256 cm³/mol. The molecule has 14 heteroatoms. The molecule has 1 fully saturated rings. The summed E-state index contributed by atoms with van der Waals surface area (Å²) in [6.45, 7) is 1.73. The topological polar surface area (TPSA) is 172 Å². The quantitative estimate of drug-likeness (QED) is 0.0247. The first-order valence-corrected chi connectivity index (χ1v) is 22.6. The molecule has 0 unspecified atom stereocenters. The second kappa shape index (κ2) is 23.5. The van der Waals surface area contributed by atoms with E-state index >= 15 is 0 Å². The third-order valence-electron chi connectivity index (χ3n) is 10.9. The van der Waals surface area contributed by atoms with Gasteiger partial charge < -0.3 is 42.3 Å². The number of fused-ring (bicyclic) bond motifs is 1. The molecule has 0 aliphatic carbocycles. The summed E-state index contributed by atoms with van der Waals surface area (Å²) in [7, 11) is 0. The molecule has 7 aromatic rings. The lowest BCUT2D eigenvalue weighted by Crippen LogP contribution is -2.63. The van der Waals surface area contributed by atoms with E-state index in [1.54, 1.807) is 97.1 Å². The molecule has 8 rings (SSSR count). The van der Waals surface area contributed by atoms with Gasteiger partial charge >= 0.3 is 29.5 Å². The van der Waals surface area contributed by atoms with Crippen LogP contribution in [0.5, 0.6) is 17.2 Å². The molecule has 0 spiro atoms. The molecule has 14 nitrogen and oxygen atoms in total. The lowest BCUT2D eigenvalue weighted by Gasteiger charge is -2.44. The van der Waals surface area contributed by atoms with Crippen LogP contribution in [-0.4, -0.2) is 67.8 Å². The minimum absolute atomic E-state index is 0.0293. The Hall–Kier alpha value is -8.49. The van der Waals surface area contributed by atoms with Gasteiger partial charge in [-0.2, -0.15) is 0 Å². The minimum Gasteiger partial charge on any atom is -0.484 e. The van der Waals surface area contributed by atoms with Crippen molar-refractivity contribution in [2.75, 3.05) is 13.2 Å². The van der Waals surface area contributed by atoms with E-state index < -0.39 is 66.8 Å². The standard InChI is InChI=1S/C56H48O14/c1-2-3-4-20-33-62-49-46(63-35-37-21-10-5-11-22-37)43-32-31-42(34-44(43)66-55(49)61)65-56-50(70-54(60)41-29-18-9-19-30-41)48(69-53(59)40-27-16-8-17-28-40)47(68-52(58)39-25-14-7-15-26-39)45(67-56)36-64-51(57)38-23-12-6-13-24-38/h3-19,21-32,34,45,47-48,50,56H,2,20,33,35-36H2,1H3/t45-,47-,48+,50+,56+/m1/s1. The molecule has 1 aromatic heterocycles. The zero-order valence-corrected chi connectivity index (χ0v) is 38.0. The summed E-state index contributed by atoms with van der Waals surface area (Å²) in [4.78, 5) is 69.2. The van der Waals surface area contributed by atoms with Crippen molar-refractivity contribution in [1.82, 2.24) is 0 Å². The van der Waals surface area contributed by atoms with E-state index in [-0.39, 0.29) is 58.3 Å². The molecular weight excluding hydrogens is 897 g/mol. The van der Waals surface area contributed by atoms with Gasteiger partial charge in [0.1, 0.15) is 30.7 Å². The fourth-order valence-corrected chi connectivity index (χ4v) is 7.48. The number of hydrogen-bond donors (Lipinski definition) is 0. The second-order valence-corrected chi connectivity index (χ2v) is 15.8. The van der Waals surface area contributed by atoms with E-state index in [0.717, 1.165) is 12.0 Å². The second-order valence-electron chi connectivity index (χ2n) is 15.8. The van der Waals surface area contributed by atoms with E-state index in [1.807, 2.05) is 49.4 Å². The molecule has 2 heterocycles. The Bertz CT molecular complexity index is 2940. The number of allylic oxidation sites excluding steroid dienone is 1. The first-order valence-electron chi connectivity index (χ1n) is 22.6. The van der Waals surface area contributed by atoms with E-state index in [2.05, 4.69) is 0 Å². The number of carbonyl (C=O) groups is 4. The van der Waals surface area contributed by atoms with Gasteiger partial charge in [-0.25, -0.2) is 24.0 Å². The van der Waals surface area contributed by atoms with Gasteiger partial charge in [0.05, 0.1) is 34.2 Å². The van der Waals surface area contributed by atoms with Gasteiger partial charge in [-0.1, -0.05) is 122 Å². The van der Waals surface area contributed by atoms with E-state index in [4.69, 9.17) is 42.3 Å². The zero-order valence-electron chi connectivity index (χ0n) is 38.0. The molecule has 0 saturated carbocycles. The van der Waals surface area contributed by atoms with Crippen molar-refractivity contribution in [2.45, 2.75) is 57.1 Å². The molecule has 5 atom stereocenters. The summed E-state index contributed by atoms with van der Waals surface area (Å²) in [5.41, 5.74) is 0.664. The Balaban J connectivity index is 1.20. The van der Waals surface area contributed by atoms with Gasteiger partial charge in [0, 0.05) is 6.07 Å². The van der Waals surface area contributed by atoms with Crippen LogP contribution in [0.2, 0.25) is 0 Å². The molecule has 1 saturated heterocycles. The van der Waals surface area contributed by atoms with Crippen LogP contribution in [0.15, 0.2) is 191 Å². The molecule has 1 aliphatic rings. The average Bonchev–Trinajstić information content (AvgIpc) is 3.40. The van der Waals surface area contributed by atoms with E-state index in [9.17, 15) is 24.0 Å². The van der Waals surface area contributed by atoms with Crippen LogP contribution in [0.1, 0.15) is 66.8 Å². The summed E-state index contributed by atoms with van der Waals surface area (Å²) >= 11 is 0. The number of ether oxygens (including phenoxy) is 8. The van der Waals surface area contributed by atoms with E-state index in [0.29, 0.717) is 11.8 Å². The van der Waals surface area contributed by atoms with Gasteiger partial charge in [0.25, 0.3) is 0 Å². The fraction of sp³-hybridized carbons (Fsp3) is 0.196. The average molecular weight is 945 g/mol. The van der Waals surface area contributed by atoms with Gasteiger partial charge in [-0.15, -0.1) is 0 Å². The minimum atomic E-state index is -1.68. The lowest BCUT2D eigenvalue weighted by molar-refractivity contribution is -0.275. The summed E-state index contributed by atoms with van der Waals surface area (Å²) in [6.07, 6.45) is -2.71. The molecule has 1 aliphatic heterocycles. The van der Waals surface area contributed by atoms with Crippen LogP contribution >= 0.6 is 0 Å². The zero-order chi connectivity index (χ0) is 48.7. The Morgan fingerprint density at radius 1 is 0.557 bits per heavy atom. The Morgan fingerprint density at radius 2 is 1.07 bits per heavy atom. The van der Waals surface area contributed by atoms with Crippen molar-refractivity contribution in [3.8, 4) is 17.2 Å². The van der Waals surface area contributed by atoms with Crippen molar-refractivity contribution in [2.24, 2.45) is 0 Å². The summed E-state index contributed by atoms with van der Waals surface area (Å²) < 4.78 is 55.4. The third-order valence-corrected chi connectivity index (χ3v) is 10.9. The Morgan fingerprint density at radius 3 is 1.63 bits per heavy atom. The van der Waals surface area contributed by atoms with E-state index in [1.165, 1.54) is 42.5 Å². The van der Waals surface area contributed by atoms with Gasteiger partial charge in [-0.3, -0.25) is 0 Å². The van der Waals surface area contributed by atoms with Gasteiger partial charge in [-0.05, 0) is 79.1 Å². The number of carbonyl (C=O) groups excluding carboxylic acids is 4. The molecule has 70 heavy (non-hydrogen) atoms. The number of hydrogen-bond acceptors (Lipinski definition) is 14. The third kappa shape index (κ3) is 12.1. The van der Waals surface area contributed by atoms with Crippen LogP contribution in [0.3, 0.4) is 0 Å². The highest BCUT2D eigenvalue weighted by atomic mass is 16.7. The Kier molecular flexibility index (Phi) is 16.1. The molecule has 0 bridgehead atoms. The fourth-order valence-electron chi connectivity index (χ4n) is 7.48. The van der Waals surface area contributed by atoms with Crippen molar-refractivity contribution < 1.29 is 61.5 Å². The highest BCUT2D eigenvalue weighted by molar-refractivity contribution is 5.92.